The molecule has 3 aromatic rings. The molecule has 0 aliphatic rings. The second kappa shape index (κ2) is 12.9. The third kappa shape index (κ3) is 7.47. The summed E-state index contributed by atoms with van der Waals surface area (Å²) in [5, 5.41) is 21.6. The van der Waals surface area contributed by atoms with Gasteiger partial charge in [-0.3, -0.25) is 4.79 Å². The molecule has 2 atom stereocenters. The van der Waals surface area contributed by atoms with Crippen LogP contribution in [0.25, 0.3) is 22.3 Å². The zero-order valence-electron chi connectivity index (χ0n) is 25.2. The van der Waals surface area contributed by atoms with Crippen molar-refractivity contribution in [3.63, 3.8) is 0 Å². The van der Waals surface area contributed by atoms with E-state index in [4.69, 9.17) is 18.6 Å². The molecule has 2 aromatic carbocycles. The van der Waals surface area contributed by atoms with Gasteiger partial charge in [-0.05, 0) is 93.0 Å². The van der Waals surface area contributed by atoms with Crippen molar-refractivity contribution >= 4 is 11.0 Å². The fraction of sp³-hybridized carbons (Fsp3) is 0.516. The largest absolute Gasteiger partial charge is 0.507 e. The highest BCUT2D eigenvalue weighted by Gasteiger charge is 2.26. The maximum Gasteiger partial charge on any atom is 0.239 e. The number of methoxy groups -OCH3 is 1. The molecule has 0 aliphatic carbocycles. The Bertz CT molecular complexity index is 1340. The molecule has 0 fully saturated rings. The summed E-state index contributed by atoms with van der Waals surface area (Å²) < 4.78 is 24.0. The Morgan fingerprint density at radius 1 is 0.975 bits per heavy atom. The van der Waals surface area contributed by atoms with Gasteiger partial charge in [0, 0.05) is 29.3 Å². The molecule has 9 nitrogen and oxygen atoms in total. The fourth-order valence-corrected chi connectivity index (χ4v) is 3.93. The molecule has 2 unspecified atom stereocenters. The maximum absolute atomic E-state index is 14.0. The number of benzene rings is 2. The highest BCUT2D eigenvalue weighted by Crippen LogP contribution is 2.40. The molecule has 1 aromatic heterocycles. The van der Waals surface area contributed by atoms with Crippen LogP contribution in [-0.4, -0.2) is 86.2 Å². The first-order valence-corrected chi connectivity index (χ1v) is 13.5. The molecule has 0 radical (unpaired) electrons. The van der Waals surface area contributed by atoms with E-state index >= 15 is 0 Å². The predicted molar refractivity (Wildman–Crippen MR) is 158 cm³/mol. The standard InChI is InChI=1S/C31H44N2O7/c1-19(32(5)6)17-38-25-16-24(34)26-27(35)30(39-18-20(2)33(7)8)28(21-10-12-22(37-9)13-11-21)40-29(26)23(25)14-15-31(3,4)36/h10-13,16,19-20,34,36H,14-15,17-18H2,1-9H3. The number of phenolic OH excluding ortho intramolecular Hbond substituents is 1. The molecular formula is C31H44N2O7. The van der Waals surface area contributed by atoms with Crippen LogP contribution in [0.15, 0.2) is 39.5 Å². The van der Waals surface area contributed by atoms with Crippen LogP contribution < -0.4 is 19.6 Å². The number of hydrogen-bond donors (Lipinski definition) is 2. The van der Waals surface area contributed by atoms with Gasteiger partial charge in [0.15, 0.2) is 5.76 Å². The van der Waals surface area contributed by atoms with Gasteiger partial charge in [0.2, 0.25) is 11.2 Å². The number of nitrogens with zero attached hydrogens (tertiary/aromatic N) is 2. The number of phenols is 1. The Kier molecular flexibility index (Phi) is 10.1. The summed E-state index contributed by atoms with van der Waals surface area (Å²) >= 11 is 0. The molecule has 0 spiro atoms. The second-order valence-corrected chi connectivity index (χ2v) is 11.5. The van der Waals surface area contributed by atoms with E-state index in [0.717, 1.165) is 0 Å². The monoisotopic (exact) mass is 556 g/mol. The smallest absolute Gasteiger partial charge is 0.239 e. The Hall–Kier alpha value is -3.27. The number of likely N-dealkylation sites (N-methyl/N-ethyl adjacent to an activating group) is 2. The highest BCUT2D eigenvalue weighted by atomic mass is 16.5. The molecule has 0 saturated heterocycles. The molecule has 9 heteroatoms. The summed E-state index contributed by atoms with van der Waals surface area (Å²) in [7, 11) is 9.36. The maximum atomic E-state index is 14.0. The Balaban J connectivity index is 2.29. The lowest BCUT2D eigenvalue weighted by molar-refractivity contribution is 0.0712. The molecular weight excluding hydrogens is 512 g/mol. The van der Waals surface area contributed by atoms with Crippen LogP contribution in [0, 0.1) is 0 Å². The van der Waals surface area contributed by atoms with Gasteiger partial charge in [-0.1, -0.05) is 0 Å². The lowest BCUT2D eigenvalue weighted by Gasteiger charge is -2.23. The molecule has 3 rings (SSSR count). The topological polar surface area (TPSA) is 105 Å². The highest BCUT2D eigenvalue weighted by molar-refractivity contribution is 5.91. The first-order valence-electron chi connectivity index (χ1n) is 13.5. The van der Waals surface area contributed by atoms with E-state index < -0.39 is 11.0 Å². The summed E-state index contributed by atoms with van der Waals surface area (Å²) in [5.41, 5.74) is -0.0225. The first kappa shape index (κ1) is 31.3. The van der Waals surface area contributed by atoms with Crippen LogP contribution in [0.3, 0.4) is 0 Å². The van der Waals surface area contributed by atoms with E-state index in [1.165, 1.54) is 6.07 Å². The Labute approximate surface area is 236 Å². The van der Waals surface area contributed by atoms with Crippen molar-refractivity contribution < 1.29 is 28.8 Å². The van der Waals surface area contributed by atoms with Gasteiger partial charge in [-0.25, -0.2) is 0 Å². The summed E-state index contributed by atoms with van der Waals surface area (Å²) in [6.07, 6.45) is 0.738. The average Bonchev–Trinajstić information content (AvgIpc) is 2.89. The SMILES string of the molecule is COc1ccc(-c2oc3c(CCC(C)(C)O)c(OCC(C)N(C)C)cc(O)c3c(=O)c2OCC(C)N(C)C)cc1. The lowest BCUT2D eigenvalue weighted by atomic mass is 9.96. The third-order valence-electron chi connectivity index (χ3n) is 7.22. The number of aromatic hydroxyl groups is 1. The number of fused-ring (bicyclic) bond motifs is 1. The number of ether oxygens (including phenoxy) is 3. The minimum Gasteiger partial charge on any atom is -0.507 e. The predicted octanol–water partition coefficient (Wildman–Crippen LogP) is 4.54. The van der Waals surface area contributed by atoms with E-state index in [9.17, 15) is 15.0 Å². The van der Waals surface area contributed by atoms with E-state index in [1.54, 1.807) is 45.2 Å². The van der Waals surface area contributed by atoms with Gasteiger partial charge in [-0.2, -0.15) is 0 Å². The van der Waals surface area contributed by atoms with E-state index in [1.807, 2.05) is 51.8 Å². The van der Waals surface area contributed by atoms with Gasteiger partial charge in [0.05, 0.1) is 12.7 Å². The van der Waals surface area contributed by atoms with Gasteiger partial charge in [0.25, 0.3) is 0 Å². The molecule has 2 N–H and O–H groups in total. The van der Waals surface area contributed by atoms with Crippen LogP contribution in [0.4, 0.5) is 0 Å². The second-order valence-electron chi connectivity index (χ2n) is 11.5. The van der Waals surface area contributed by atoms with Crippen molar-refractivity contribution in [2.75, 3.05) is 48.5 Å². The van der Waals surface area contributed by atoms with E-state index in [2.05, 4.69) is 0 Å². The van der Waals surface area contributed by atoms with Crippen molar-refractivity contribution in [3.8, 4) is 34.3 Å². The minimum atomic E-state index is -0.969. The van der Waals surface area contributed by atoms with Gasteiger partial charge < -0.3 is 38.6 Å². The van der Waals surface area contributed by atoms with Gasteiger partial charge >= 0.3 is 0 Å². The zero-order chi connectivity index (χ0) is 29.8. The molecule has 0 bridgehead atoms. The fourth-order valence-electron chi connectivity index (χ4n) is 3.93. The van der Waals surface area contributed by atoms with E-state index in [-0.39, 0.29) is 46.9 Å². The molecule has 220 valence electrons. The average molecular weight is 557 g/mol. The lowest BCUT2D eigenvalue weighted by Crippen LogP contribution is -2.31. The van der Waals surface area contributed by atoms with Gasteiger partial charge in [-0.15, -0.1) is 0 Å². The Morgan fingerprint density at radius 3 is 2.08 bits per heavy atom. The molecule has 0 aliphatic heterocycles. The minimum absolute atomic E-state index is 0.0171. The van der Waals surface area contributed by atoms with Crippen LogP contribution in [0.5, 0.6) is 23.0 Å². The number of hydrogen-bond acceptors (Lipinski definition) is 9. The molecule has 0 saturated carbocycles. The van der Waals surface area contributed by atoms with Crippen molar-refractivity contribution in [2.24, 2.45) is 0 Å². The van der Waals surface area contributed by atoms with Crippen LogP contribution in [0.1, 0.15) is 39.7 Å². The molecule has 1 heterocycles. The number of rotatable bonds is 13. The van der Waals surface area contributed by atoms with Crippen LogP contribution in [0.2, 0.25) is 0 Å². The van der Waals surface area contributed by atoms with E-state index in [0.29, 0.717) is 42.1 Å². The summed E-state index contributed by atoms with van der Waals surface area (Å²) in [6.45, 7) is 8.05. The molecule has 0 amide bonds. The van der Waals surface area contributed by atoms with Gasteiger partial charge in [0.1, 0.15) is 41.4 Å². The first-order chi connectivity index (χ1) is 18.7. The quantitative estimate of drug-likeness (QED) is 0.314. The number of aryl methyl sites for hydroxylation is 1. The Morgan fingerprint density at radius 2 is 1.55 bits per heavy atom. The summed E-state index contributed by atoms with van der Waals surface area (Å²) in [5.74, 6) is 1.07. The van der Waals surface area contributed by atoms with Crippen molar-refractivity contribution in [3.05, 3.63) is 46.1 Å². The summed E-state index contributed by atoms with van der Waals surface area (Å²) in [4.78, 5) is 18.0. The van der Waals surface area contributed by atoms with Crippen molar-refractivity contribution in [1.29, 1.82) is 0 Å². The molecule has 40 heavy (non-hydrogen) atoms. The third-order valence-corrected chi connectivity index (χ3v) is 7.22. The summed E-state index contributed by atoms with van der Waals surface area (Å²) in [6, 6.07) is 8.71. The zero-order valence-corrected chi connectivity index (χ0v) is 25.2. The number of aliphatic hydroxyl groups is 1. The van der Waals surface area contributed by atoms with Crippen molar-refractivity contribution in [1.82, 2.24) is 9.80 Å². The normalized spacial score (nSPS) is 13.6. The van der Waals surface area contributed by atoms with Crippen LogP contribution in [-0.2, 0) is 6.42 Å². The van der Waals surface area contributed by atoms with Crippen molar-refractivity contribution in [2.45, 2.75) is 58.2 Å². The van der Waals surface area contributed by atoms with Crippen LogP contribution >= 0.6 is 0 Å².